The second kappa shape index (κ2) is 5.81. The first-order valence-corrected chi connectivity index (χ1v) is 6.60. The third-order valence-corrected chi connectivity index (χ3v) is 3.58. The van der Waals surface area contributed by atoms with Crippen molar-refractivity contribution in [3.8, 4) is 0 Å². The van der Waals surface area contributed by atoms with E-state index in [-0.39, 0.29) is 0 Å². The molecule has 2 rings (SSSR count). The van der Waals surface area contributed by atoms with Gasteiger partial charge in [0, 0.05) is 44.9 Å². The summed E-state index contributed by atoms with van der Waals surface area (Å²) in [7, 11) is 1.70. The SMILES string of the molecule is COC1(c2nc(NN)cc(C(C)C)n2)CCOCC1. The minimum atomic E-state index is -0.464. The maximum atomic E-state index is 5.73. The van der Waals surface area contributed by atoms with Crippen molar-refractivity contribution < 1.29 is 9.47 Å². The van der Waals surface area contributed by atoms with Crippen LogP contribution < -0.4 is 11.3 Å². The number of hydrazine groups is 1. The van der Waals surface area contributed by atoms with E-state index in [0.29, 0.717) is 30.8 Å². The molecule has 3 N–H and O–H groups in total. The average Bonchev–Trinajstić information content (AvgIpc) is 2.47. The van der Waals surface area contributed by atoms with Crippen molar-refractivity contribution in [2.75, 3.05) is 25.7 Å². The minimum absolute atomic E-state index is 0.308. The Balaban J connectivity index is 2.43. The summed E-state index contributed by atoms with van der Waals surface area (Å²) in [5, 5.41) is 0. The first kappa shape index (κ1) is 14.2. The van der Waals surface area contributed by atoms with Gasteiger partial charge in [-0.15, -0.1) is 0 Å². The third kappa shape index (κ3) is 2.86. The molecule has 0 radical (unpaired) electrons. The van der Waals surface area contributed by atoms with Gasteiger partial charge in [-0.3, -0.25) is 0 Å². The van der Waals surface area contributed by atoms with Gasteiger partial charge in [0.05, 0.1) is 0 Å². The van der Waals surface area contributed by atoms with Crippen molar-refractivity contribution in [2.24, 2.45) is 5.84 Å². The molecule has 1 aliphatic heterocycles. The molecule has 0 aliphatic carbocycles. The van der Waals surface area contributed by atoms with Crippen LogP contribution in [-0.4, -0.2) is 30.3 Å². The molecule has 6 nitrogen and oxygen atoms in total. The second-order valence-corrected chi connectivity index (χ2v) is 5.11. The van der Waals surface area contributed by atoms with Crippen LogP contribution in [0, 0.1) is 0 Å². The molecule has 2 heterocycles. The molecule has 1 aromatic heterocycles. The fraction of sp³-hybridized carbons (Fsp3) is 0.692. The van der Waals surface area contributed by atoms with Gasteiger partial charge in [0.1, 0.15) is 11.4 Å². The topological polar surface area (TPSA) is 82.3 Å². The van der Waals surface area contributed by atoms with E-state index < -0.39 is 5.60 Å². The first-order valence-electron chi connectivity index (χ1n) is 6.60. The zero-order chi connectivity index (χ0) is 13.9. The Morgan fingerprint density at radius 1 is 1.37 bits per heavy atom. The second-order valence-electron chi connectivity index (χ2n) is 5.11. The molecular weight excluding hydrogens is 244 g/mol. The summed E-state index contributed by atoms with van der Waals surface area (Å²) < 4.78 is 11.1. The number of methoxy groups -OCH3 is 1. The molecular formula is C13H22N4O2. The van der Waals surface area contributed by atoms with Gasteiger partial charge in [0.25, 0.3) is 0 Å². The molecule has 0 saturated carbocycles. The molecule has 6 heteroatoms. The maximum Gasteiger partial charge on any atom is 0.163 e. The van der Waals surface area contributed by atoms with Crippen LogP contribution in [-0.2, 0) is 15.1 Å². The molecule has 0 amide bonds. The quantitative estimate of drug-likeness (QED) is 0.635. The highest BCUT2D eigenvalue weighted by atomic mass is 16.5. The molecule has 1 aromatic rings. The largest absolute Gasteiger partial charge is 0.381 e. The van der Waals surface area contributed by atoms with Crippen LogP contribution in [0.25, 0.3) is 0 Å². The van der Waals surface area contributed by atoms with Crippen LogP contribution in [0.5, 0.6) is 0 Å². The van der Waals surface area contributed by atoms with Crippen LogP contribution >= 0.6 is 0 Å². The van der Waals surface area contributed by atoms with Crippen LogP contribution in [0.3, 0.4) is 0 Å². The molecule has 19 heavy (non-hydrogen) atoms. The van der Waals surface area contributed by atoms with Gasteiger partial charge < -0.3 is 14.9 Å². The van der Waals surface area contributed by atoms with Gasteiger partial charge in [-0.25, -0.2) is 15.8 Å². The molecule has 0 atom stereocenters. The summed E-state index contributed by atoms with van der Waals surface area (Å²) in [5.41, 5.74) is 3.10. The lowest BCUT2D eigenvalue weighted by Crippen LogP contribution is -2.38. The monoisotopic (exact) mass is 266 g/mol. The van der Waals surface area contributed by atoms with Gasteiger partial charge in [0.15, 0.2) is 5.82 Å². The third-order valence-electron chi connectivity index (χ3n) is 3.58. The van der Waals surface area contributed by atoms with Crippen LogP contribution in [0.4, 0.5) is 5.82 Å². The van der Waals surface area contributed by atoms with E-state index in [1.54, 1.807) is 7.11 Å². The number of nitrogens with one attached hydrogen (secondary N) is 1. The fourth-order valence-electron chi connectivity index (χ4n) is 2.26. The summed E-state index contributed by atoms with van der Waals surface area (Å²) >= 11 is 0. The Kier molecular flexibility index (Phi) is 4.34. The van der Waals surface area contributed by atoms with E-state index in [9.17, 15) is 0 Å². The molecule has 1 fully saturated rings. The highest BCUT2D eigenvalue weighted by Gasteiger charge is 2.38. The Labute approximate surface area is 113 Å². The lowest BCUT2D eigenvalue weighted by atomic mass is 9.92. The number of nitrogen functional groups attached to an aromatic ring is 1. The van der Waals surface area contributed by atoms with E-state index in [1.165, 1.54) is 0 Å². The van der Waals surface area contributed by atoms with Gasteiger partial charge in [-0.2, -0.15) is 0 Å². The van der Waals surface area contributed by atoms with E-state index >= 15 is 0 Å². The smallest absolute Gasteiger partial charge is 0.163 e. The van der Waals surface area contributed by atoms with E-state index in [2.05, 4.69) is 29.2 Å². The summed E-state index contributed by atoms with van der Waals surface area (Å²) in [6.45, 7) is 5.51. The molecule has 1 aliphatic rings. The zero-order valence-corrected chi connectivity index (χ0v) is 11.8. The standard InChI is InChI=1S/C13H22N4O2/c1-9(2)10-8-11(17-14)16-12(15-10)13(18-3)4-6-19-7-5-13/h8-9H,4-7,14H2,1-3H3,(H,15,16,17). The highest BCUT2D eigenvalue weighted by Crippen LogP contribution is 2.34. The van der Waals surface area contributed by atoms with E-state index in [0.717, 1.165) is 18.5 Å². The fourth-order valence-corrected chi connectivity index (χ4v) is 2.26. The van der Waals surface area contributed by atoms with Crippen molar-refractivity contribution in [1.82, 2.24) is 9.97 Å². The van der Waals surface area contributed by atoms with Crippen molar-refractivity contribution in [1.29, 1.82) is 0 Å². The van der Waals surface area contributed by atoms with Crippen LogP contribution in [0.2, 0.25) is 0 Å². The number of ether oxygens (including phenoxy) is 2. The molecule has 0 spiro atoms. The van der Waals surface area contributed by atoms with E-state index in [4.69, 9.17) is 15.3 Å². The Hall–Kier alpha value is -1.24. The van der Waals surface area contributed by atoms with Gasteiger partial charge in [-0.05, 0) is 5.92 Å². The zero-order valence-electron chi connectivity index (χ0n) is 11.8. The predicted molar refractivity (Wildman–Crippen MR) is 72.7 cm³/mol. The molecule has 0 unspecified atom stereocenters. The van der Waals surface area contributed by atoms with Crippen molar-refractivity contribution in [3.05, 3.63) is 17.6 Å². The number of rotatable bonds is 4. The van der Waals surface area contributed by atoms with Crippen LogP contribution in [0.1, 0.15) is 44.1 Å². The number of nitrogens with zero attached hydrogens (tertiary/aromatic N) is 2. The number of hydrogen-bond acceptors (Lipinski definition) is 6. The summed E-state index contributed by atoms with van der Waals surface area (Å²) in [6.07, 6.45) is 1.52. The summed E-state index contributed by atoms with van der Waals surface area (Å²) in [6, 6.07) is 1.87. The normalized spacial score (nSPS) is 18.6. The van der Waals surface area contributed by atoms with Gasteiger partial charge in [0.2, 0.25) is 0 Å². The minimum Gasteiger partial charge on any atom is -0.381 e. The number of aromatic nitrogens is 2. The lowest BCUT2D eigenvalue weighted by molar-refractivity contribution is -0.1000. The summed E-state index contributed by atoms with van der Waals surface area (Å²) in [5.74, 6) is 7.12. The lowest BCUT2D eigenvalue weighted by Gasteiger charge is -2.34. The molecule has 1 saturated heterocycles. The number of hydrogen-bond donors (Lipinski definition) is 2. The van der Waals surface area contributed by atoms with Crippen LogP contribution in [0.15, 0.2) is 6.07 Å². The Bertz CT molecular complexity index is 431. The van der Waals surface area contributed by atoms with Gasteiger partial charge in [-0.1, -0.05) is 13.8 Å². The first-order chi connectivity index (χ1) is 9.11. The predicted octanol–water partition coefficient (Wildman–Crippen LogP) is 1.54. The molecule has 0 aromatic carbocycles. The highest BCUT2D eigenvalue weighted by molar-refractivity contribution is 5.36. The van der Waals surface area contributed by atoms with Crippen molar-refractivity contribution in [2.45, 2.75) is 38.2 Å². The molecule has 106 valence electrons. The maximum absolute atomic E-state index is 5.73. The van der Waals surface area contributed by atoms with Crippen molar-refractivity contribution in [3.63, 3.8) is 0 Å². The Morgan fingerprint density at radius 3 is 2.58 bits per heavy atom. The van der Waals surface area contributed by atoms with E-state index in [1.807, 2.05) is 6.07 Å². The van der Waals surface area contributed by atoms with Gasteiger partial charge >= 0.3 is 0 Å². The molecule has 0 bridgehead atoms. The summed E-state index contributed by atoms with van der Waals surface area (Å²) in [4.78, 5) is 9.13. The number of anilines is 1. The number of nitrogens with two attached hydrogens (primary N) is 1. The Morgan fingerprint density at radius 2 is 2.05 bits per heavy atom. The van der Waals surface area contributed by atoms with Crippen molar-refractivity contribution >= 4 is 5.82 Å². The average molecular weight is 266 g/mol.